The van der Waals surface area contributed by atoms with Gasteiger partial charge in [-0.3, -0.25) is 4.99 Å². The molecule has 1 N–H and O–H groups in total. The summed E-state index contributed by atoms with van der Waals surface area (Å²) in [5, 5.41) is 4.14. The molecule has 2 unspecified atom stereocenters. The predicted molar refractivity (Wildman–Crippen MR) is 112 cm³/mol. The molecule has 2 fully saturated rings. The molecule has 7 heteroatoms. The first-order valence-electron chi connectivity index (χ1n) is 10.2. The van der Waals surface area contributed by atoms with Crippen LogP contribution in [0, 0.1) is 0 Å². The first-order valence-corrected chi connectivity index (χ1v) is 10.6. The second kappa shape index (κ2) is 10.9. The lowest BCUT2D eigenvalue weighted by molar-refractivity contribution is -0.0367. The lowest BCUT2D eigenvalue weighted by Gasteiger charge is -2.34. The lowest BCUT2D eigenvalue weighted by atomic mass is 10.1. The highest BCUT2D eigenvalue weighted by Crippen LogP contribution is 2.18. The number of nitrogens with zero attached hydrogens (tertiary/aromatic N) is 2. The molecule has 2 aliphatic rings. The summed E-state index contributed by atoms with van der Waals surface area (Å²) in [5.74, 6) is 1.74. The van der Waals surface area contributed by atoms with Gasteiger partial charge in [0, 0.05) is 31.8 Å². The van der Waals surface area contributed by atoms with Crippen LogP contribution < -0.4 is 10.1 Å². The Kier molecular flexibility index (Phi) is 8.25. The fraction of sp³-hybridized carbons (Fsp3) is 0.667. The van der Waals surface area contributed by atoms with E-state index in [9.17, 15) is 0 Å². The summed E-state index contributed by atoms with van der Waals surface area (Å²) in [4.78, 5) is 6.73. The zero-order chi connectivity index (χ0) is 19.8. The van der Waals surface area contributed by atoms with Gasteiger partial charge in [0.2, 0.25) is 0 Å². The summed E-state index contributed by atoms with van der Waals surface area (Å²) in [5.41, 5.74) is 0. The van der Waals surface area contributed by atoms with Crippen LogP contribution in [0.25, 0.3) is 0 Å². The maximum absolute atomic E-state index is 6.06. The monoisotopic (exact) mass is 409 g/mol. The first-order chi connectivity index (χ1) is 13.6. The van der Waals surface area contributed by atoms with Crippen LogP contribution in [0.4, 0.5) is 0 Å². The molecule has 0 amide bonds. The number of nitrogens with one attached hydrogen (secondary N) is 1. The molecule has 2 saturated heterocycles. The molecule has 0 saturated carbocycles. The molecule has 1 aromatic rings. The smallest absolute Gasteiger partial charge is 0.193 e. The van der Waals surface area contributed by atoms with Crippen molar-refractivity contribution in [2.75, 3.05) is 39.9 Å². The molecule has 2 aliphatic heterocycles. The van der Waals surface area contributed by atoms with Crippen LogP contribution in [0.5, 0.6) is 5.75 Å². The van der Waals surface area contributed by atoms with Crippen LogP contribution in [0.1, 0.15) is 32.6 Å². The molecule has 1 aromatic carbocycles. The molecule has 0 aromatic heterocycles. The van der Waals surface area contributed by atoms with Crippen LogP contribution >= 0.6 is 11.6 Å². The van der Waals surface area contributed by atoms with Crippen molar-refractivity contribution in [3.8, 4) is 5.75 Å². The van der Waals surface area contributed by atoms with Crippen molar-refractivity contribution in [1.29, 1.82) is 0 Å². The first kappa shape index (κ1) is 21.2. The average molecular weight is 410 g/mol. The number of hydrogen-bond donors (Lipinski definition) is 1. The Balaban J connectivity index is 1.36. The van der Waals surface area contributed by atoms with Gasteiger partial charge in [-0.2, -0.15) is 0 Å². The summed E-state index contributed by atoms with van der Waals surface area (Å²) in [6, 6.07) is 7.44. The van der Waals surface area contributed by atoms with E-state index in [-0.39, 0.29) is 6.10 Å². The molecule has 0 spiro atoms. The van der Waals surface area contributed by atoms with E-state index in [0.29, 0.717) is 23.8 Å². The van der Waals surface area contributed by atoms with Gasteiger partial charge in [-0.15, -0.1) is 0 Å². The van der Waals surface area contributed by atoms with Gasteiger partial charge in [0.05, 0.1) is 25.4 Å². The van der Waals surface area contributed by atoms with Crippen LogP contribution in [-0.4, -0.2) is 69.1 Å². The summed E-state index contributed by atoms with van der Waals surface area (Å²) >= 11 is 5.91. The van der Waals surface area contributed by atoms with Crippen molar-refractivity contribution in [2.45, 2.75) is 50.9 Å². The van der Waals surface area contributed by atoms with Crippen molar-refractivity contribution < 1.29 is 14.2 Å². The van der Waals surface area contributed by atoms with E-state index in [4.69, 9.17) is 25.8 Å². The zero-order valence-corrected chi connectivity index (χ0v) is 17.7. The fourth-order valence-electron chi connectivity index (χ4n) is 3.61. The molecule has 2 heterocycles. The maximum Gasteiger partial charge on any atom is 0.193 e. The van der Waals surface area contributed by atoms with Crippen molar-refractivity contribution in [1.82, 2.24) is 10.2 Å². The van der Waals surface area contributed by atoms with Gasteiger partial charge in [-0.25, -0.2) is 0 Å². The molecule has 0 bridgehead atoms. The summed E-state index contributed by atoms with van der Waals surface area (Å²) < 4.78 is 17.6. The zero-order valence-electron chi connectivity index (χ0n) is 16.9. The quantitative estimate of drug-likeness (QED) is 0.553. The van der Waals surface area contributed by atoms with Gasteiger partial charge in [0.1, 0.15) is 11.9 Å². The van der Waals surface area contributed by atoms with Crippen LogP contribution in [0.2, 0.25) is 5.02 Å². The molecule has 6 nitrogen and oxygen atoms in total. The van der Waals surface area contributed by atoms with E-state index in [0.717, 1.165) is 63.7 Å². The predicted octanol–water partition coefficient (Wildman–Crippen LogP) is 3.34. The molecule has 0 radical (unpaired) electrons. The van der Waals surface area contributed by atoms with Gasteiger partial charge in [0.15, 0.2) is 5.96 Å². The highest BCUT2D eigenvalue weighted by atomic mass is 35.5. The van der Waals surface area contributed by atoms with E-state index in [2.05, 4.69) is 15.2 Å². The standard InChI is InChI=1S/C21H32ClN3O3/c1-16(28-19-7-5-17(22)6-8-19)14-24-21(23-2)25-11-9-18(10-12-25)27-15-20-4-3-13-26-20/h5-8,16,18,20H,3-4,9-15H2,1-2H3,(H,23,24). The van der Waals surface area contributed by atoms with Gasteiger partial charge in [0.25, 0.3) is 0 Å². The molecule has 0 aliphatic carbocycles. The molecular weight excluding hydrogens is 378 g/mol. The van der Waals surface area contributed by atoms with Crippen molar-refractivity contribution in [3.05, 3.63) is 29.3 Å². The Morgan fingerprint density at radius 1 is 1.29 bits per heavy atom. The third-order valence-electron chi connectivity index (χ3n) is 5.19. The SMILES string of the molecule is CN=C(NCC(C)Oc1ccc(Cl)cc1)N1CCC(OCC2CCCO2)CC1. The van der Waals surface area contributed by atoms with Gasteiger partial charge < -0.3 is 24.4 Å². The number of likely N-dealkylation sites (tertiary alicyclic amines) is 1. The number of benzene rings is 1. The Labute approximate surface area is 173 Å². The number of rotatable bonds is 7. The molecule has 156 valence electrons. The lowest BCUT2D eigenvalue weighted by Crippen LogP contribution is -2.49. The Morgan fingerprint density at radius 2 is 2.04 bits per heavy atom. The van der Waals surface area contributed by atoms with E-state index >= 15 is 0 Å². The average Bonchev–Trinajstić information content (AvgIpc) is 3.23. The highest BCUT2D eigenvalue weighted by molar-refractivity contribution is 6.30. The Hall–Kier alpha value is -1.50. The third kappa shape index (κ3) is 6.54. The minimum Gasteiger partial charge on any atom is -0.489 e. The number of aliphatic imine (C=N–C) groups is 1. The van der Waals surface area contributed by atoms with Crippen molar-refractivity contribution in [2.24, 2.45) is 4.99 Å². The number of halogens is 1. The summed E-state index contributed by atoms with van der Waals surface area (Å²) in [7, 11) is 1.83. The number of piperidine rings is 1. The van der Waals surface area contributed by atoms with E-state index in [1.807, 2.05) is 38.2 Å². The normalized spacial score (nSPS) is 22.3. The van der Waals surface area contributed by atoms with Crippen LogP contribution in [0.15, 0.2) is 29.3 Å². The molecule has 3 rings (SSSR count). The van der Waals surface area contributed by atoms with Crippen LogP contribution in [-0.2, 0) is 9.47 Å². The second-order valence-electron chi connectivity index (χ2n) is 7.47. The minimum absolute atomic E-state index is 0.0187. The van der Waals surface area contributed by atoms with Crippen LogP contribution in [0.3, 0.4) is 0 Å². The number of guanidine groups is 1. The fourth-order valence-corrected chi connectivity index (χ4v) is 3.73. The van der Waals surface area contributed by atoms with Gasteiger partial charge in [-0.05, 0) is 56.9 Å². The Morgan fingerprint density at radius 3 is 2.68 bits per heavy atom. The molecular formula is C21H32ClN3O3. The van der Waals surface area contributed by atoms with Gasteiger partial charge in [-0.1, -0.05) is 11.6 Å². The topological polar surface area (TPSA) is 55.3 Å². The number of ether oxygens (including phenoxy) is 3. The van der Waals surface area contributed by atoms with Crippen molar-refractivity contribution in [3.63, 3.8) is 0 Å². The van der Waals surface area contributed by atoms with Gasteiger partial charge >= 0.3 is 0 Å². The molecule has 2 atom stereocenters. The highest BCUT2D eigenvalue weighted by Gasteiger charge is 2.24. The maximum atomic E-state index is 6.06. The van der Waals surface area contributed by atoms with E-state index < -0.39 is 0 Å². The van der Waals surface area contributed by atoms with E-state index in [1.165, 1.54) is 0 Å². The molecule has 28 heavy (non-hydrogen) atoms. The summed E-state index contributed by atoms with van der Waals surface area (Å²) in [6.45, 7) is 6.24. The summed E-state index contributed by atoms with van der Waals surface area (Å²) in [6.07, 6.45) is 4.97. The number of hydrogen-bond acceptors (Lipinski definition) is 4. The second-order valence-corrected chi connectivity index (χ2v) is 7.90. The Bertz CT molecular complexity index is 612. The largest absolute Gasteiger partial charge is 0.489 e. The van der Waals surface area contributed by atoms with Crippen molar-refractivity contribution >= 4 is 17.6 Å². The van der Waals surface area contributed by atoms with E-state index in [1.54, 1.807) is 0 Å². The minimum atomic E-state index is 0.0187. The third-order valence-corrected chi connectivity index (χ3v) is 5.45.